The number of amides is 2. The number of hydrogen-bond acceptors (Lipinski definition) is 5. The monoisotopic (exact) mass is 609 g/mol. The van der Waals surface area contributed by atoms with Gasteiger partial charge in [-0.15, -0.1) is 0 Å². The van der Waals surface area contributed by atoms with E-state index in [4.69, 9.17) is 16.0 Å². The maximum atomic E-state index is 13.4. The van der Waals surface area contributed by atoms with Gasteiger partial charge in [-0.25, -0.2) is 0 Å². The van der Waals surface area contributed by atoms with E-state index in [1.165, 1.54) is 22.9 Å². The van der Waals surface area contributed by atoms with E-state index in [2.05, 4.69) is 34.5 Å². The minimum Gasteiger partial charge on any atom is -0.451 e. The Morgan fingerprint density at radius 2 is 1.75 bits per heavy atom. The molecule has 0 bridgehead atoms. The van der Waals surface area contributed by atoms with E-state index in [-0.39, 0.29) is 23.1 Å². The fourth-order valence-electron chi connectivity index (χ4n) is 6.16. The normalized spacial score (nSPS) is 16.0. The first kappa shape index (κ1) is 29.7. The number of benzene rings is 3. The number of rotatable bonds is 8. The molecule has 6 rings (SSSR count). The van der Waals surface area contributed by atoms with Crippen molar-refractivity contribution >= 4 is 40.1 Å². The summed E-state index contributed by atoms with van der Waals surface area (Å²) in [6, 6.07) is 22.3. The van der Waals surface area contributed by atoms with Gasteiger partial charge in [0.05, 0.1) is 11.4 Å². The third-order valence-electron chi connectivity index (χ3n) is 8.50. The molecule has 2 saturated heterocycles. The lowest BCUT2D eigenvalue weighted by Gasteiger charge is -2.33. The summed E-state index contributed by atoms with van der Waals surface area (Å²) in [5, 5.41) is 4.23. The highest BCUT2D eigenvalue weighted by molar-refractivity contribution is 6.30. The van der Waals surface area contributed by atoms with Gasteiger partial charge in [0.25, 0.3) is 5.91 Å². The molecule has 0 aliphatic carbocycles. The van der Waals surface area contributed by atoms with Crippen LogP contribution in [0.3, 0.4) is 0 Å². The van der Waals surface area contributed by atoms with Gasteiger partial charge in [-0.1, -0.05) is 65.2 Å². The second kappa shape index (κ2) is 13.1. The number of fused-ring (bicyclic) bond motifs is 1. The van der Waals surface area contributed by atoms with Crippen LogP contribution >= 0.6 is 11.6 Å². The van der Waals surface area contributed by atoms with Crippen LogP contribution in [0.1, 0.15) is 52.9 Å². The zero-order valence-corrected chi connectivity index (χ0v) is 25.6. The maximum absolute atomic E-state index is 13.4. The molecule has 0 radical (unpaired) electrons. The molecule has 3 heterocycles. The van der Waals surface area contributed by atoms with Crippen molar-refractivity contribution < 1.29 is 14.0 Å². The average Bonchev–Trinajstić information content (AvgIpc) is 3.43. The number of carbonyl (C=O) groups excluding carboxylic acids is 2. The first-order valence-corrected chi connectivity index (χ1v) is 15.6. The number of likely N-dealkylation sites (tertiary alicyclic amines) is 1. The van der Waals surface area contributed by atoms with E-state index in [1.807, 2.05) is 48.2 Å². The zero-order valence-electron chi connectivity index (χ0n) is 24.9. The lowest BCUT2D eigenvalue weighted by Crippen LogP contribution is -2.37. The zero-order chi connectivity index (χ0) is 30.6. The summed E-state index contributed by atoms with van der Waals surface area (Å²) in [4.78, 5) is 42.8. The quantitative estimate of drug-likeness (QED) is 0.232. The Labute approximate surface area is 262 Å². The van der Waals surface area contributed by atoms with E-state index in [0.717, 1.165) is 50.0 Å². The number of nitrogens with one attached hydrogen (secondary N) is 1. The van der Waals surface area contributed by atoms with E-state index < -0.39 is 5.91 Å². The molecule has 0 unspecified atom stereocenters. The molecule has 8 heteroatoms. The first-order valence-electron chi connectivity index (χ1n) is 15.2. The molecule has 2 aliphatic heterocycles. The molecule has 2 amide bonds. The van der Waals surface area contributed by atoms with Crippen molar-refractivity contribution in [1.29, 1.82) is 0 Å². The molecule has 0 saturated carbocycles. The van der Waals surface area contributed by atoms with Crippen molar-refractivity contribution in [3.8, 4) is 0 Å². The van der Waals surface area contributed by atoms with Crippen LogP contribution < -0.4 is 15.6 Å². The molecular weight excluding hydrogens is 574 g/mol. The molecular formula is C36H36ClN3O4. The van der Waals surface area contributed by atoms with Crippen LogP contribution in [0.5, 0.6) is 0 Å². The highest BCUT2D eigenvalue weighted by Gasteiger charge is 2.24. The predicted molar refractivity (Wildman–Crippen MR) is 174 cm³/mol. The van der Waals surface area contributed by atoms with Crippen LogP contribution in [0.4, 0.5) is 5.69 Å². The molecule has 44 heavy (non-hydrogen) atoms. The Bertz CT molecular complexity index is 1770. The Balaban J connectivity index is 1.19. The standard InChI is InChI=1S/C36H36ClN3O4/c1-24-8-13-33-30(19-24)32(41)22-34(44-33)36(43)38-29(20-25-9-11-28(37)12-10-25)21-26-14-17-39(18-15-26)31-6-3-2-5-27(31)23-40-16-4-7-35(40)42/h2-3,5-6,8-13,19,21-22,29H,4,7,14-18,20,23H2,1H3,(H,38,43)/t29-/m1/s1. The van der Waals surface area contributed by atoms with Crippen molar-refractivity contribution in [2.24, 2.45) is 0 Å². The van der Waals surface area contributed by atoms with Gasteiger partial charge >= 0.3 is 0 Å². The summed E-state index contributed by atoms with van der Waals surface area (Å²) in [6.07, 6.45) is 6.00. The van der Waals surface area contributed by atoms with Gasteiger partial charge in [-0.2, -0.15) is 0 Å². The summed E-state index contributed by atoms with van der Waals surface area (Å²) >= 11 is 6.12. The summed E-state index contributed by atoms with van der Waals surface area (Å²) in [6.45, 7) is 5.07. The van der Waals surface area contributed by atoms with Gasteiger partial charge in [0.1, 0.15) is 5.58 Å². The summed E-state index contributed by atoms with van der Waals surface area (Å²) in [5.41, 5.74) is 5.76. The number of piperidine rings is 1. The Hall–Kier alpha value is -4.36. The molecule has 3 aromatic carbocycles. The molecule has 2 fully saturated rings. The molecule has 4 aromatic rings. The van der Waals surface area contributed by atoms with Gasteiger partial charge < -0.3 is 19.5 Å². The van der Waals surface area contributed by atoms with Crippen LogP contribution in [-0.4, -0.2) is 42.4 Å². The molecule has 1 atom stereocenters. The van der Waals surface area contributed by atoms with Crippen molar-refractivity contribution in [1.82, 2.24) is 10.2 Å². The van der Waals surface area contributed by atoms with E-state index >= 15 is 0 Å². The van der Waals surface area contributed by atoms with Gasteiger partial charge in [-0.3, -0.25) is 14.4 Å². The average molecular weight is 610 g/mol. The fraction of sp³-hybridized carbons (Fsp3) is 0.306. The van der Waals surface area contributed by atoms with Crippen molar-refractivity contribution in [3.05, 3.63) is 122 Å². The minimum absolute atomic E-state index is 0.00577. The molecule has 0 spiro atoms. The smallest absolute Gasteiger partial charge is 0.287 e. The summed E-state index contributed by atoms with van der Waals surface area (Å²) in [5.74, 6) is -0.201. The van der Waals surface area contributed by atoms with Crippen molar-refractivity contribution in [2.45, 2.75) is 51.6 Å². The number of nitrogens with zero attached hydrogens (tertiary/aromatic N) is 2. The lowest BCUT2D eigenvalue weighted by molar-refractivity contribution is -0.128. The maximum Gasteiger partial charge on any atom is 0.287 e. The molecule has 226 valence electrons. The van der Waals surface area contributed by atoms with E-state index in [0.29, 0.717) is 35.4 Å². The molecule has 1 aromatic heterocycles. The minimum atomic E-state index is -0.428. The largest absolute Gasteiger partial charge is 0.451 e. The highest BCUT2D eigenvalue weighted by atomic mass is 35.5. The summed E-state index contributed by atoms with van der Waals surface area (Å²) in [7, 11) is 0. The number of aryl methyl sites for hydroxylation is 1. The van der Waals surface area contributed by atoms with Gasteiger partial charge in [0.2, 0.25) is 5.91 Å². The Kier molecular flexibility index (Phi) is 8.84. The van der Waals surface area contributed by atoms with Crippen LogP contribution in [0.2, 0.25) is 5.02 Å². The van der Waals surface area contributed by atoms with Crippen molar-refractivity contribution in [3.63, 3.8) is 0 Å². The van der Waals surface area contributed by atoms with E-state index in [1.54, 1.807) is 12.1 Å². The number of carbonyl (C=O) groups is 2. The highest BCUT2D eigenvalue weighted by Crippen LogP contribution is 2.29. The molecule has 7 nitrogen and oxygen atoms in total. The topological polar surface area (TPSA) is 82.9 Å². The third-order valence-corrected chi connectivity index (χ3v) is 8.75. The second-order valence-corrected chi connectivity index (χ2v) is 12.2. The van der Waals surface area contributed by atoms with Crippen LogP contribution in [0, 0.1) is 6.92 Å². The summed E-state index contributed by atoms with van der Waals surface area (Å²) < 4.78 is 5.86. The van der Waals surface area contributed by atoms with Gasteiger partial charge in [0.15, 0.2) is 11.2 Å². The second-order valence-electron chi connectivity index (χ2n) is 11.7. The first-order chi connectivity index (χ1) is 21.3. The number of para-hydroxylation sites is 1. The Morgan fingerprint density at radius 1 is 0.977 bits per heavy atom. The predicted octanol–water partition coefficient (Wildman–Crippen LogP) is 6.45. The van der Waals surface area contributed by atoms with Crippen molar-refractivity contribution in [2.75, 3.05) is 24.5 Å². The third kappa shape index (κ3) is 6.89. The number of anilines is 1. The number of halogens is 1. The molecule has 2 aliphatic rings. The van der Waals surface area contributed by atoms with E-state index in [9.17, 15) is 14.4 Å². The number of hydrogen-bond donors (Lipinski definition) is 1. The van der Waals surface area contributed by atoms with Gasteiger partial charge in [-0.05, 0) is 74.1 Å². The van der Waals surface area contributed by atoms with Gasteiger partial charge in [0, 0.05) is 49.4 Å². The fourth-order valence-corrected chi connectivity index (χ4v) is 6.29. The van der Waals surface area contributed by atoms with Crippen LogP contribution in [0.25, 0.3) is 11.0 Å². The molecule has 1 N–H and O–H groups in total. The van der Waals surface area contributed by atoms with Crippen LogP contribution in [0.15, 0.2) is 93.7 Å². The lowest BCUT2D eigenvalue weighted by atomic mass is 9.97. The van der Waals surface area contributed by atoms with Crippen LogP contribution in [-0.2, 0) is 17.8 Å². The SMILES string of the molecule is Cc1ccc2oc(C(=O)N[C@@H](C=C3CCN(c4ccccc4CN4CCCC4=O)CC3)Cc3ccc(Cl)cc3)cc(=O)c2c1. The Morgan fingerprint density at radius 3 is 2.50 bits per heavy atom.